The standard InChI is InChI=1S/C19H29N3O4S/c1-13(2)18(20-15(4)23)19(24)21-16-5-7-17(8-6-16)27(25,26)22-11-9-14(3)10-12-22/h5-8,13-14,18H,9-12H2,1-4H3,(H,20,23)(H,21,24)/t18-/m0/s1. The van der Waals surface area contributed by atoms with E-state index in [9.17, 15) is 18.0 Å². The fourth-order valence-corrected chi connectivity index (χ4v) is 4.53. The molecule has 1 aliphatic heterocycles. The van der Waals surface area contributed by atoms with Crippen LogP contribution in [-0.4, -0.2) is 43.7 Å². The van der Waals surface area contributed by atoms with Gasteiger partial charge >= 0.3 is 0 Å². The van der Waals surface area contributed by atoms with Gasteiger partial charge in [-0.15, -0.1) is 0 Å². The molecular formula is C19H29N3O4S. The van der Waals surface area contributed by atoms with Crippen LogP contribution >= 0.6 is 0 Å². The average molecular weight is 396 g/mol. The van der Waals surface area contributed by atoms with Crippen molar-refractivity contribution in [1.29, 1.82) is 0 Å². The number of benzene rings is 1. The summed E-state index contributed by atoms with van der Waals surface area (Å²) < 4.78 is 27.0. The third-order valence-corrected chi connectivity index (χ3v) is 6.72. The lowest BCUT2D eigenvalue weighted by molar-refractivity contribution is -0.126. The van der Waals surface area contributed by atoms with Gasteiger partial charge in [-0.1, -0.05) is 20.8 Å². The van der Waals surface area contributed by atoms with Crippen molar-refractivity contribution in [2.45, 2.75) is 51.5 Å². The molecule has 2 rings (SSSR count). The number of hydrogen-bond acceptors (Lipinski definition) is 4. The highest BCUT2D eigenvalue weighted by Gasteiger charge is 2.28. The van der Waals surface area contributed by atoms with Crippen molar-refractivity contribution in [3.05, 3.63) is 24.3 Å². The average Bonchev–Trinajstić information content (AvgIpc) is 2.60. The summed E-state index contributed by atoms with van der Waals surface area (Å²) in [5.41, 5.74) is 0.488. The van der Waals surface area contributed by atoms with E-state index in [2.05, 4.69) is 17.6 Å². The zero-order valence-corrected chi connectivity index (χ0v) is 17.2. The van der Waals surface area contributed by atoms with E-state index in [4.69, 9.17) is 0 Å². The quantitative estimate of drug-likeness (QED) is 0.772. The summed E-state index contributed by atoms with van der Waals surface area (Å²) >= 11 is 0. The second-order valence-corrected chi connectivity index (χ2v) is 9.46. The fraction of sp³-hybridized carbons (Fsp3) is 0.579. The summed E-state index contributed by atoms with van der Waals surface area (Å²) in [5, 5.41) is 5.36. The van der Waals surface area contributed by atoms with Crippen molar-refractivity contribution in [3.63, 3.8) is 0 Å². The Morgan fingerprint density at radius 2 is 1.67 bits per heavy atom. The predicted molar refractivity (Wildman–Crippen MR) is 105 cm³/mol. The zero-order chi connectivity index (χ0) is 20.2. The number of hydrogen-bond donors (Lipinski definition) is 2. The molecule has 0 bridgehead atoms. The molecular weight excluding hydrogens is 366 g/mol. The van der Waals surface area contributed by atoms with E-state index in [1.807, 2.05) is 13.8 Å². The summed E-state index contributed by atoms with van der Waals surface area (Å²) in [6.45, 7) is 8.25. The molecule has 2 N–H and O–H groups in total. The minimum absolute atomic E-state index is 0.0740. The van der Waals surface area contributed by atoms with Crippen molar-refractivity contribution in [1.82, 2.24) is 9.62 Å². The molecule has 1 saturated heterocycles. The number of piperidine rings is 1. The number of rotatable bonds is 6. The molecule has 0 unspecified atom stereocenters. The van der Waals surface area contributed by atoms with E-state index in [-0.39, 0.29) is 22.6 Å². The van der Waals surface area contributed by atoms with Crippen LogP contribution in [-0.2, 0) is 19.6 Å². The van der Waals surface area contributed by atoms with Crippen molar-refractivity contribution in [3.8, 4) is 0 Å². The smallest absolute Gasteiger partial charge is 0.247 e. The lowest BCUT2D eigenvalue weighted by atomic mass is 10.0. The zero-order valence-electron chi connectivity index (χ0n) is 16.4. The van der Waals surface area contributed by atoms with Crippen LogP contribution in [0.5, 0.6) is 0 Å². The topological polar surface area (TPSA) is 95.6 Å². The molecule has 7 nitrogen and oxygen atoms in total. The number of anilines is 1. The summed E-state index contributed by atoms with van der Waals surface area (Å²) in [6.07, 6.45) is 1.74. The number of amides is 2. The van der Waals surface area contributed by atoms with E-state index in [1.54, 1.807) is 12.1 Å². The Labute approximate surface area is 161 Å². The van der Waals surface area contributed by atoms with Gasteiger partial charge in [-0.05, 0) is 48.9 Å². The first kappa shape index (κ1) is 21.4. The Balaban J connectivity index is 2.08. The van der Waals surface area contributed by atoms with E-state index in [1.165, 1.54) is 23.4 Å². The van der Waals surface area contributed by atoms with Gasteiger partial charge in [0.05, 0.1) is 4.90 Å². The maximum absolute atomic E-state index is 12.7. The summed E-state index contributed by atoms with van der Waals surface area (Å²) in [7, 11) is -3.51. The molecule has 1 atom stereocenters. The number of nitrogens with one attached hydrogen (secondary N) is 2. The Bertz CT molecular complexity index is 767. The summed E-state index contributed by atoms with van der Waals surface area (Å²) in [5.74, 6) is -0.136. The molecule has 2 amide bonds. The second kappa shape index (κ2) is 8.84. The highest BCUT2D eigenvalue weighted by molar-refractivity contribution is 7.89. The summed E-state index contributed by atoms with van der Waals surface area (Å²) in [4.78, 5) is 23.9. The molecule has 0 aromatic heterocycles. The maximum atomic E-state index is 12.7. The van der Waals surface area contributed by atoms with Gasteiger partial charge in [0.25, 0.3) is 0 Å². The lowest BCUT2D eigenvalue weighted by Crippen LogP contribution is -2.46. The Morgan fingerprint density at radius 3 is 2.15 bits per heavy atom. The SMILES string of the molecule is CC(=O)N[C@H](C(=O)Nc1ccc(S(=O)(=O)N2CCC(C)CC2)cc1)C(C)C. The Morgan fingerprint density at radius 1 is 1.11 bits per heavy atom. The third kappa shape index (κ3) is 5.52. The molecule has 0 aliphatic carbocycles. The predicted octanol–water partition coefficient (Wildman–Crippen LogP) is 2.21. The van der Waals surface area contributed by atoms with Gasteiger partial charge in [0.1, 0.15) is 6.04 Å². The van der Waals surface area contributed by atoms with E-state index in [0.29, 0.717) is 24.7 Å². The second-order valence-electron chi connectivity index (χ2n) is 7.52. The fourth-order valence-electron chi connectivity index (χ4n) is 3.06. The van der Waals surface area contributed by atoms with Gasteiger partial charge in [-0.25, -0.2) is 8.42 Å². The molecule has 1 heterocycles. The minimum Gasteiger partial charge on any atom is -0.344 e. The monoisotopic (exact) mass is 395 g/mol. The van der Waals surface area contributed by atoms with Crippen LogP contribution in [0, 0.1) is 11.8 Å². The molecule has 0 radical (unpaired) electrons. The van der Waals surface area contributed by atoms with E-state index >= 15 is 0 Å². The Hall–Kier alpha value is -1.93. The van der Waals surface area contributed by atoms with Crippen LogP contribution in [0.3, 0.4) is 0 Å². The molecule has 0 spiro atoms. The van der Waals surface area contributed by atoms with Gasteiger partial charge in [-0.2, -0.15) is 4.31 Å². The molecule has 1 aliphatic rings. The summed E-state index contributed by atoms with van der Waals surface area (Å²) in [6, 6.07) is 5.50. The van der Waals surface area contributed by atoms with Crippen molar-refractivity contribution >= 4 is 27.5 Å². The minimum atomic E-state index is -3.51. The van der Waals surface area contributed by atoms with Crippen LogP contribution in [0.2, 0.25) is 0 Å². The highest BCUT2D eigenvalue weighted by atomic mass is 32.2. The first-order valence-electron chi connectivity index (χ1n) is 9.29. The number of carbonyl (C=O) groups is 2. The van der Waals surface area contributed by atoms with Gasteiger partial charge in [-0.3, -0.25) is 9.59 Å². The molecule has 27 heavy (non-hydrogen) atoms. The first-order chi connectivity index (χ1) is 12.6. The van der Waals surface area contributed by atoms with Crippen LogP contribution < -0.4 is 10.6 Å². The molecule has 1 aromatic rings. The molecule has 1 aromatic carbocycles. The van der Waals surface area contributed by atoms with Crippen LogP contribution in [0.25, 0.3) is 0 Å². The normalized spacial score (nSPS) is 17.5. The van der Waals surface area contributed by atoms with Gasteiger partial charge in [0.15, 0.2) is 0 Å². The molecule has 150 valence electrons. The first-order valence-corrected chi connectivity index (χ1v) is 10.7. The number of nitrogens with zero attached hydrogens (tertiary/aromatic N) is 1. The highest BCUT2D eigenvalue weighted by Crippen LogP contribution is 2.24. The number of carbonyl (C=O) groups excluding carboxylic acids is 2. The lowest BCUT2D eigenvalue weighted by Gasteiger charge is -2.29. The number of sulfonamides is 1. The van der Waals surface area contributed by atoms with Gasteiger partial charge in [0.2, 0.25) is 21.8 Å². The van der Waals surface area contributed by atoms with Crippen LogP contribution in [0.4, 0.5) is 5.69 Å². The van der Waals surface area contributed by atoms with Gasteiger partial charge in [0, 0.05) is 25.7 Å². The maximum Gasteiger partial charge on any atom is 0.247 e. The molecule has 0 saturated carbocycles. The Kier molecular flexibility index (Phi) is 7.00. The van der Waals surface area contributed by atoms with E-state index in [0.717, 1.165) is 12.8 Å². The largest absolute Gasteiger partial charge is 0.344 e. The van der Waals surface area contributed by atoms with Crippen LogP contribution in [0.1, 0.15) is 40.5 Å². The molecule has 1 fully saturated rings. The molecule has 8 heteroatoms. The van der Waals surface area contributed by atoms with Crippen molar-refractivity contribution < 1.29 is 18.0 Å². The van der Waals surface area contributed by atoms with Crippen LogP contribution in [0.15, 0.2) is 29.2 Å². The van der Waals surface area contributed by atoms with Crippen molar-refractivity contribution in [2.75, 3.05) is 18.4 Å². The van der Waals surface area contributed by atoms with E-state index < -0.39 is 16.1 Å². The van der Waals surface area contributed by atoms with Crippen molar-refractivity contribution in [2.24, 2.45) is 11.8 Å². The third-order valence-electron chi connectivity index (χ3n) is 4.81. The van der Waals surface area contributed by atoms with Gasteiger partial charge < -0.3 is 10.6 Å².